The number of hydrogen-bond donors (Lipinski definition) is 2. The number of aromatic nitrogens is 2. The molecule has 0 unspecified atom stereocenters. The molecule has 0 fully saturated rings. The van der Waals surface area contributed by atoms with Gasteiger partial charge in [-0.15, -0.1) is 0 Å². The Labute approximate surface area is 157 Å². The summed E-state index contributed by atoms with van der Waals surface area (Å²) in [5.74, 6) is -0.225. The molecule has 1 aromatic carbocycles. The van der Waals surface area contributed by atoms with Crippen LogP contribution in [0.25, 0.3) is 5.65 Å². The van der Waals surface area contributed by atoms with Crippen molar-refractivity contribution in [3.05, 3.63) is 71.2 Å². The van der Waals surface area contributed by atoms with Crippen molar-refractivity contribution in [3.63, 3.8) is 0 Å². The largest absolute Gasteiger partial charge is 0.357 e. The molecule has 27 heavy (non-hydrogen) atoms. The van der Waals surface area contributed by atoms with Crippen molar-refractivity contribution in [1.29, 1.82) is 0 Å². The third-order valence-electron chi connectivity index (χ3n) is 4.18. The van der Waals surface area contributed by atoms with Crippen LogP contribution in [0.1, 0.15) is 23.9 Å². The number of rotatable bonds is 6. The Hall–Kier alpha value is -2.96. The van der Waals surface area contributed by atoms with Crippen LogP contribution in [0.5, 0.6) is 0 Å². The van der Waals surface area contributed by atoms with Gasteiger partial charge in [-0.1, -0.05) is 6.07 Å². The number of fused-ring (bicyclic) bond motifs is 1. The lowest BCUT2D eigenvalue weighted by Crippen LogP contribution is -2.38. The van der Waals surface area contributed by atoms with Gasteiger partial charge in [-0.25, -0.2) is 18.8 Å². The van der Waals surface area contributed by atoms with Gasteiger partial charge < -0.3 is 15.0 Å². The minimum Gasteiger partial charge on any atom is -0.357 e. The van der Waals surface area contributed by atoms with E-state index in [1.165, 1.54) is 6.07 Å². The molecule has 0 aliphatic carbocycles. The number of imidazole rings is 1. The molecule has 0 atom stereocenters. The summed E-state index contributed by atoms with van der Waals surface area (Å²) in [6.45, 7) is 5.56. The molecule has 2 heterocycles. The van der Waals surface area contributed by atoms with Gasteiger partial charge in [0.05, 0.1) is 12.2 Å². The van der Waals surface area contributed by atoms with Crippen LogP contribution in [-0.2, 0) is 13.0 Å². The Kier molecular flexibility index (Phi) is 6.01. The molecule has 2 aromatic heterocycles. The van der Waals surface area contributed by atoms with Crippen molar-refractivity contribution >= 4 is 11.6 Å². The van der Waals surface area contributed by atoms with Crippen LogP contribution >= 0.6 is 0 Å². The van der Waals surface area contributed by atoms with Gasteiger partial charge >= 0.3 is 0 Å². The minimum absolute atomic E-state index is 0.342. The van der Waals surface area contributed by atoms with Crippen molar-refractivity contribution in [1.82, 2.24) is 20.0 Å². The summed E-state index contributed by atoms with van der Waals surface area (Å²) in [7, 11) is 0. The Bertz CT molecular complexity index is 949. The van der Waals surface area contributed by atoms with E-state index in [-0.39, 0.29) is 0 Å². The smallest absolute Gasteiger partial charge is 0.191 e. The summed E-state index contributed by atoms with van der Waals surface area (Å²) in [5.41, 5.74) is 3.20. The molecule has 0 saturated heterocycles. The number of nitrogens with one attached hydrogen (secondary N) is 2. The normalized spacial score (nSPS) is 11.8. The molecular formula is C20H23F2N5. The van der Waals surface area contributed by atoms with E-state index in [1.54, 1.807) is 0 Å². The summed E-state index contributed by atoms with van der Waals surface area (Å²) in [5, 5.41) is 6.29. The fraction of sp³-hybridized carbons (Fsp3) is 0.300. The molecular weight excluding hydrogens is 348 g/mol. The minimum atomic E-state index is -0.436. The molecule has 7 heteroatoms. The maximum Gasteiger partial charge on any atom is 0.191 e. The molecule has 0 aliphatic rings. The van der Waals surface area contributed by atoms with Gasteiger partial charge in [0, 0.05) is 25.0 Å². The number of aliphatic imine (C=N–C) groups is 1. The molecule has 0 saturated carbocycles. The van der Waals surface area contributed by atoms with Gasteiger partial charge in [-0.05, 0) is 56.2 Å². The lowest BCUT2D eigenvalue weighted by molar-refractivity contribution is 0.583. The van der Waals surface area contributed by atoms with Gasteiger partial charge in [0.1, 0.15) is 17.3 Å². The van der Waals surface area contributed by atoms with Crippen molar-refractivity contribution in [2.24, 2.45) is 4.99 Å². The molecule has 142 valence electrons. The molecule has 0 bridgehead atoms. The molecule has 0 radical (unpaired) electrons. The fourth-order valence-corrected chi connectivity index (χ4v) is 2.83. The van der Waals surface area contributed by atoms with Gasteiger partial charge in [0.15, 0.2) is 5.96 Å². The summed E-state index contributed by atoms with van der Waals surface area (Å²) in [6, 6.07) is 9.45. The van der Waals surface area contributed by atoms with E-state index in [0.29, 0.717) is 37.6 Å². The lowest BCUT2D eigenvalue weighted by Gasteiger charge is -2.11. The number of guanidine groups is 1. The predicted molar refractivity (Wildman–Crippen MR) is 103 cm³/mol. The first-order valence-corrected chi connectivity index (χ1v) is 8.96. The van der Waals surface area contributed by atoms with E-state index in [1.807, 2.05) is 42.6 Å². The average Bonchev–Trinajstić information content (AvgIpc) is 3.07. The van der Waals surface area contributed by atoms with E-state index in [4.69, 9.17) is 0 Å². The molecule has 0 aliphatic heterocycles. The monoisotopic (exact) mass is 371 g/mol. The van der Waals surface area contributed by atoms with Crippen LogP contribution < -0.4 is 10.6 Å². The number of benzene rings is 1. The summed E-state index contributed by atoms with van der Waals surface area (Å²) < 4.78 is 29.0. The van der Waals surface area contributed by atoms with E-state index in [0.717, 1.165) is 29.2 Å². The van der Waals surface area contributed by atoms with Crippen LogP contribution in [0.4, 0.5) is 8.78 Å². The maximum atomic E-state index is 13.7. The zero-order valence-electron chi connectivity index (χ0n) is 15.5. The first-order valence-electron chi connectivity index (χ1n) is 8.96. The summed E-state index contributed by atoms with van der Waals surface area (Å²) in [4.78, 5) is 9.09. The second-order valence-electron chi connectivity index (χ2n) is 6.24. The standard InChI is InChI=1S/C20H23F2N5/c1-3-23-20(24-10-9-15-11-16(21)7-8-18(15)22)25-12-17-13-27-14(2)5-4-6-19(27)26-17/h4-8,11,13H,3,9-10,12H2,1-2H3,(H2,23,24,25). The van der Waals surface area contributed by atoms with Gasteiger partial charge in [0.25, 0.3) is 0 Å². The van der Waals surface area contributed by atoms with Crippen molar-refractivity contribution in [2.75, 3.05) is 13.1 Å². The van der Waals surface area contributed by atoms with Gasteiger partial charge in [-0.2, -0.15) is 0 Å². The number of nitrogens with zero attached hydrogens (tertiary/aromatic N) is 3. The van der Waals surface area contributed by atoms with Gasteiger partial charge in [-0.3, -0.25) is 0 Å². The van der Waals surface area contributed by atoms with E-state index >= 15 is 0 Å². The van der Waals surface area contributed by atoms with Crippen LogP contribution in [0.2, 0.25) is 0 Å². The lowest BCUT2D eigenvalue weighted by atomic mass is 10.1. The first-order chi connectivity index (χ1) is 13.1. The van der Waals surface area contributed by atoms with E-state index in [9.17, 15) is 8.78 Å². The topological polar surface area (TPSA) is 53.7 Å². The summed E-state index contributed by atoms with van der Waals surface area (Å²) >= 11 is 0. The fourth-order valence-electron chi connectivity index (χ4n) is 2.83. The van der Waals surface area contributed by atoms with Crippen molar-refractivity contribution < 1.29 is 8.78 Å². The summed E-state index contributed by atoms with van der Waals surface area (Å²) in [6.07, 6.45) is 2.33. The molecule has 5 nitrogen and oxygen atoms in total. The van der Waals surface area contributed by atoms with Crippen molar-refractivity contribution in [3.8, 4) is 0 Å². The molecule has 2 N–H and O–H groups in total. The zero-order valence-corrected chi connectivity index (χ0v) is 15.5. The molecule has 0 amide bonds. The number of pyridine rings is 1. The van der Waals surface area contributed by atoms with E-state index in [2.05, 4.69) is 20.6 Å². The Morgan fingerprint density at radius 1 is 1.19 bits per heavy atom. The SMILES string of the molecule is CCNC(=NCc1cn2c(C)cccc2n1)NCCc1cc(F)ccc1F. The van der Waals surface area contributed by atoms with Gasteiger partial charge in [0.2, 0.25) is 0 Å². The Morgan fingerprint density at radius 3 is 2.81 bits per heavy atom. The quantitative estimate of drug-likeness (QED) is 0.517. The molecule has 3 aromatic rings. The highest BCUT2D eigenvalue weighted by atomic mass is 19.1. The van der Waals surface area contributed by atoms with E-state index < -0.39 is 11.6 Å². The van der Waals surface area contributed by atoms with Crippen LogP contribution in [0.3, 0.4) is 0 Å². The highest BCUT2D eigenvalue weighted by molar-refractivity contribution is 5.79. The third-order valence-corrected chi connectivity index (χ3v) is 4.18. The highest BCUT2D eigenvalue weighted by Gasteiger charge is 2.06. The first kappa shape index (κ1) is 18.8. The highest BCUT2D eigenvalue weighted by Crippen LogP contribution is 2.10. The zero-order chi connectivity index (χ0) is 19.2. The van der Waals surface area contributed by atoms with Crippen molar-refractivity contribution in [2.45, 2.75) is 26.8 Å². The number of aryl methyl sites for hydroxylation is 1. The third kappa shape index (κ3) is 4.81. The second kappa shape index (κ2) is 8.62. The Balaban J connectivity index is 1.63. The number of hydrogen-bond acceptors (Lipinski definition) is 2. The maximum absolute atomic E-state index is 13.7. The van der Waals surface area contributed by atoms with Crippen LogP contribution in [-0.4, -0.2) is 28.4 Å². The Morgan fingerprint density at radius 2 is 2.04 bits per heavy atom. The molecule has 0 spiro atoms. The predicted octanol–water partition coefficient (Wildman–Crippen LogP) is 3.22. The molecule has 3 rings (SSSR count). The number of halogens is 2. The van der Waals surface area contributed by atoms with Crippen LogP contribution in [0, 0.1) is 18.6 Å². The van der Waals surface area contributed by atoms with Crippen LogP contribution in [0.15, 0.2) is 47.6 Å². The second-order valence-corrected chi connectivity index (χ2v) is 6.24. The average molecular weight is 371 g/mol.